The summed E-state index contributed by atoms with van der Waals surface area (Å²) in [5.41, 5.74) is -2.29. The van der Waals surface area contributed by atoms with Gasteiger partial charge < -0.3 is 14.7 Å². The maximum Gasteiger partial charge on any atom is 0.343 e. The number of rotatable bonds is 5. The molecule has 0 spiro atoms. The molecule has 1 heterocycles. The maximum absolute atomic E-state index is 13.6. The van der Waals surface area contributed by atoms with Crippen molar-refractivity contribution < 1.29 is 23.8 Å². The topological polar surface area (TPSA) is 66.8 Å². The van der Waals surface area contributed by atoms with E-state index in [1.165, 1.54) is 4.90 Å². The van der Waals surface area contributed by atoms with E-state index in [2.05, 4.69) is 0 Å². The Morgan fingerprint density at radius 3 is 2.75 bits per heavy atom. The molecule has 1 saturated heterocycles. The van der Waals surface area contributed by atoms with Gasteiger partial charge in [-0.05, 0) is 6.42 Å². The number of hydrogen-bond acceptors (Lipinski definition) is 3. The number of carboxylic acid groups (broad SMARTS) is 1. The summed E-state index contributed by atoms with van der Waals surface area (Å²) in [4.78, 5) is 23.3. The smallest absolute Gasteiger partial charge is 0.343 e. The predicted molar refractivity (Wildman–Crippen MR) is 53.8 cm³/mol. The van der Waals surface area contributed by atoms with E-state index in [4.69, 9.17) is 9.84 Å². The number of halogens is 1. The van der Waals surface area contributed by atoms with Crippen LogP contribution in [0.1, 0.15) is 19.8 Å². The largest absolute Gasteiger partial charge is 0.479 e. The van der Waals surface area contributed by atoms with Crippen LogP contribution in [0.3, 0.4) is 0 Å². The van der Waals surface area contributed by atoms with E-state index in [1.807, 2.05) is 6.92 Å². The minimum Gasteiger partial charge on any atom is -0.479 e. The summed E-state index contributed by atoms with van der Waals surface area (Å²) < 4.78 is 18.6. The van der Waals surface area contributed by atoms with Crippen molar-refractivity contribution >= 4 is 11.9 Å². The molecule has 0 aromatic carbocycles. The number of carboxylic acids is 1. The fraction of sp³-hybridized carbons (Fsp3) is 0.800. The van der Waals surface area contributed by atoms with Crippen LogP contribution in [0, 0.1) is 0 Å². The Hall–Kier alpha value is -1.17. The molecule has 0 bridgehead atoms. The number of alkyl halides is 1. The van der Waals surface area contributed by atoms with Crippen molar-refractivity contribution in [3.8, 4) is 0 Å². The number of carbonyl (C=O) groups is 2. The highest BCUT2D eigenvalue weighted by Crippen LogP contribution is 2.25. The van der Waals surface area contributed by atoms with Crippen LogP contribution in [0.5, 0.6) is 0 Å². The number of ether oxygens (including phenoxy) is 1. The predicted octanol–water partition coefficient (Wildman–Crippen LogP) is 0.438. The van der Waals surface area contributed by atoms with Gasteiger partial charge >= 0.3 is 5.97 Å². The first-order chi connectivity index (χ1) is 7.49. The van der Waals surface area contributed by atoms with Crippen molar-refractivity contribution in [3.05, 3.63) is 0 Å². The number of aliphatic carboxylic acids is 1. The van der Waals surface area contributed by atoms with E-state index >= 15 is 0 Å². The summed E-state index contributed by atoms with van der Waals surface area (Å²) in [6, 6.07) is 0. The minimum atomic E-state index is -2.29. The first kappa shape index (κ1) is 12.9. The first-order valence-electron chi connectivity index (χ1n) is 5.27. The van der Waals surface area contributed by atoms with Crippen molar-refractivity contribution in [2.75, 3.05) is 26.3 Å². The number of nitrogens with zero attached hydrogens (tertiary/aromatic N) is 1. The van der Waals surface area contributed by atoms with Gasteiger partial charge in [0.1, 0.15) is 6.61 Å². The van der Waals surface area contributed by atoms with Crippen LogP contribution in [-0.4, -0.2) is 53.9 Å². The third-order valence-electron chi connectivity index (χ3n) is 2.53. The molecule has 16 heavy (non-hydrogen) atoms. The normalized spacial score (nSPS) is 24.8. The van der Waals surface area contributed by atoms with Crippen LogP contribution < -0.4 is 0 Å². The Morgan fingerprint density at radius 2 is 2.25 bits per heavy atom. The van der Waals surface area contributed by atoms with Gasteiger partial charge in [0.25, 0.3) is 0 Å². The number of likely N-dealkylation sites (tertiary alicyclic amines) is 1. The molecule has 0 saturated carbocycles. The molecular formula is C10H16FNO4. The molecule has 1 rings (SSSR count). The van der Waals surface area contributed by atoms with Crippen LogP contribution in [-0.2, 0) is 14.3 Å². The summed E-state index contributed by atoms with van der Waals surface area (Å²) >= 11 is 0. The maximum atomic E-state index is 13.6. The Morgan fingerprint density at radius 1 is 1.56 bits per heavy atom. The Kier molecular flexibility index (Phi) is 4.23. The molecule has 1 aliphatic heterocycles. The first-order valence-corrected chi connectivity index (χ1v) is 5.27. The van der Waals surface area contributed by atoms with E-state index < -0.39 is 11.6 Å². The third kappa shape index (κ3) is 2.91. The van der Waals surface area contributed by atoms with Crippen molar-refractivity contribution in [1.82, 2.24) is 4.90 Å². The SMILES string of the molecule is CCCOCC(=O)N1CCC(F)(C(=O)O)C1. The van der Waals surface area contributed by atoms with Gasteiger partial charge in [-0.1, -0.05) is 6.92 Å². The summed E-state index contributed by atoms with van der Waals surface area (Å²) in [5.74, 6) is -1.86. The summed E-state index contributed by atoms with van der Waals surface area (Å²) in [6.45, 7) is 2.04. The molecule has 1 fully saturated rings. The van der Waals surface area contributed by atoms with E-state index in [-0.39, 0.29) is 32.0 Å². The van der Waals surface area contributed by atoms with Gasteiger partial charge in [-0.3, -0.25) is 4.79 Å². The van der Waals surface area contributed by atoms with Crippen molar-refractivity contribution in [2.24, 2.45) is 0 Å². The highest BCUT2D eigenvalue weighted by Gasteiger charge is 2.46. The molecular weight excluding hydrogens is 217 g/mol. The Balaban J connectivity index is 2.41. The molecule has 0 radical (unpaired) electrons. The average Bonchev–Trinajstić information content (AvgIpc) is 2.63. The lowest BCUT2D eigenvalue weighted by Crippen LogP contribution is -2.40. The second-order valence-corrected chi connectivity index (χ2v) is 3.89. The van der Waals surface area contributed by atoms with Gasteiger partial charge in [0, 0.05) is 19.6 Å². The molecule has 0 aromatic rings. The third-order valence-corrected chi connectivity index (χ3v) is 2.53. The van der Waals surface area contributed by atoms with Gasteiger partial charge in [0.15, 0.2) is 0 Å². The second kappa shape index (κ2) is 5.25. The fourth-order valence-electron chi connectivity index (χ4n) is 1.56. The average molecular weight is 233 g/mol. The standard InChI is InChI=1S/C10H16FNO4/c1-2-5-16-6-8(13)12-4-3-10(11,7-12)9(14)15/h2-7H2,1H3,(H,14,15). The quantitative estimate of drug-likeness (QED) is 0.700. The fourth-order valence-corrected chi connectivity index (χ4v) is 1.56. The Labute approximate surface area is 93.2 Å². The van der Waals surface area contributed by atoms with Crippen LogP contribution in [0.25, 0.3) is 0 Å². The van der Waals surface area contributed by atoms with E-state index in [0.717, 1.165) is 6.42 Å². The van der Waals surface area contributed by atoms with Gasteiger partial charge in [0.2, 0.25) is 11.6 Å². The molecule has 0 aliphatic carbocycles. The second-order valence-electron chi connectivity index (χ2n) is 3.89. The summed E-state index contributed by atoms with van der Waals surface area (Å²) in [5, 5.41) is 8.64. The molecule has 1 unspecified atom stereocenters. The van der Waals surface area contributed by atoms with Crippen LogP contribution in [0.15, 0.2) is 0 Å². The monoisotopic (exact) mass is 233 g/mol. The minimum absolute atomic E-state index is 0.108. The van der Waals surface area contributed by atoms with Crippen LogP contribution >= 0.6 is 0 Å². The summed E-state index contributed by atoms with van der Waals surface area (Å²) in [6.07, 6.45) is 0.650. The van der Waals surface area contributed by atoms with Gasteiger partial charge in [-0.25, -0.2) is 9.18 Å². The van der Waals surface area contributed by atoms with Gasteiger partial charge in [0.05, 0.1) is 6.54 Å². The molecule has 1 atom stereocenters. The van der Waals surface area contributed by atoms with Crippen LogP contribution in [0.2, 0.25) is 0 Å². The van der Waals surface area contributed by atoms with Crippen molar-refractivity contribution in [2.45, 2.75) is 25.4 Å². The molecule has 0 aromatic heterocycles. The molecule has 1 N–H and O–H groups in total. The zero-order valence-corrected chi connectivity index (χ0v) is 9.24. The highest BCUT2D eigenvalue weighted by atomic mass is 19.1. The van der Waals surface area contributed by atoms with E-state index in [0.29, 0.717) is 6.61 Å². The molecule has 1 aliphatic rings. The number of amides is 1. The zero-order chi connectivity index (χ0) is 12.2. The Bertz CT molecular complexity index is 284. The lowest BCUT2D eigenvalue weighted by Gasteiger charge is -2.17. The summed E-state index contributed by atoms with van der Waals surface area (Å²) in [7, 11) is 0. The zero-order valence-electron chi connectivity index (χ0n) is 9.24. The lowest BCUT2D eigenvalue weighted by atomic mass is 10.1. The molecule has 6 heteroatoms. The highest BCUT2D eigenvalue weighted by molar-refractivity contribution is 5.82. The lowest BCUT2D eigenvalue weighted by molar-refractivity contribution is -0.150. The van der Waals surface area contributed by atoms with E-state index in [9.17, 15) is 14.0 Å². The molecule has 5 nitrogen and oxygen atoms in total. The molecule has 92 valence electrons. The molecule has 1 amide bonds. The van der Waals surface area contributed by atoms with Crippen LogP contribution in [0.4, 0.5) is 4.39 Å². The van der Waals surface area contributed by atoms with Gasteiger partial charge in [-0.15, -0.1) is 0 Å². The number of carbonyl (C=O) groups excluding carboxylic acids is 1. The van der Waals surface area contributed by atoms with E-state index in [1.54, 1.807) is 0 Å². The van der Waals surface area contributed by atoms with Crippen molar-refractivity contribution in [3.63, 3.8) is 0 Å². The van der Waals surface area contributed by atoms with Crippen molar-refractivity contribution in [1.29, 1.82) is 0 Å². The number of hydrogen-bond donors (Lipinski definition) is 1. The van der Waals surface area contributed by atoms with Gasteiger partial charge in [-0.2, -0.15) is 0 Å².